The van der Waals surface area contributed by atoms with E-state index in [-0.39, 0.29) is 58.1 Å². The van der Waals surface area contributed by atoms with E-state index >= 15 is 0 Å². The van der Waals surface area contributed by atoms with E-state index in [0.717, 1.165) is 6.07 Å². The SMILES string of the molecule is Nc1cc(Nc2nc(Cl)nc(Nc3cccc(S(=O)(=O)CCOSOOO)c3)n2)ccc1S(=O)(=O)O. The number of sulfone groups is 1. The van der Waals surface area contributed by atoms with Crippen LogP contribution < -0.4 is 16.4 Å². The third kappa shape index (κ3) is 7.85. The maximum atomic E-state index is 12.5. The highest BCUT2D eigenvalue weighted by molar-refractivity contribution is 7.91. The van der Waals surface area contributed by atoms with Crippen molar-refractivity contribution in [2.45, 2.75) is 9.79 Å². The minimum absolute atomic E-state index is 0.0201. The summed E-state index contributed by atoms with van der Waals surface area (Å²) in [5, 5.41) is 16.7. The molecule has 0 aliphatic heterocycles. The van der Waals surface area contributed by atoms with Crippen LogP contribution in [0.25, 0.3) is 0 Å². The Labute approximate surface area is 213 Å². The molecule has 36 heavy (non-hydrogen) atoms. The number of nitrogens with zero attached hydrogens (tertiary/aromatic N) is 3. The van der Waals surface area contributed by atoms with Crippen molar-refractivity contribution in [1.29, 1.82) is 0 Å². The third-order valence-corrected chi connectivity index (χ3v) is 7.30. The molecule has 0 aliphatic carbocycles. The molecule has 3 rings (SSSR count). The van der Waals surface area contributed by atoms with Crippen LogP contribution in [0.5, 0.6) is 0 Å². The standard InChI is InChI=1S/C17H17ClN6O9S3/c18-15-22-16(24-17(23-15)21-11-4-5-14(13(19)9-11)36(28,29)30)20-10-2-1-3-12(8-10)35(26,27)7-6-31-34-33-32-25/h1-5,8-9,25H,6-7,19H2,(H,28,29,30)(H2,20,21,22,23,24). The molecular weight excluding hydrogens is 564 g/mol. The Morgan fingerprint density at radius 1 is 1.00 bits per heavy atom. The summed E-state index contributed by atoms with van der Waals surface area (Å²) in [5.74, 6) is -0.455. The molecule has 0 bridgehead atoms. The van der Waals surface area contributed by atoms with Gasteiger partial charge in [0.1, 0.15) is 4.90 Å². The van der Waals surface area contributed by atoms with Gasteiger partial charge in [0.05, 0.1) is 22.9 Å². The summed E-state index contributed by atoms with van der Waals surface area (Å²) in [4.78, 5) is 11.5. The molecule has 0 saturated heterocycles. The van der Waals surface area contributed by atoms with E-state index in [0.29, 0.717) is 5.69 Å². The first kappa shape index (κ1) is 27.8. The average molecular weight is 581 g/mol. The van der Waals surface area contributed by atoms with Gasteiger partial charge in [-0.15, -0.1) is 4.33 Å². The molecule has 0 radical (unpaired) electrons. The fraction of sp³-hybridized carbons (Fsp3) is 0.118. The van der Waals surface area contributed by atoms with E-state index in [1.807, 2.05) is 0 Å². The fourth-order valence-corrected chi connectivity index (χ4v) is 4.88. The zero-order valence-electron chi connectivity index (χ0n) is 17.7. The Hall–Kier alpha value is -2.81. The van der Waals surface area contributed by atoms with Crippen molar-refractivity contribution in [2.24, 2.45) is 0 Å². The van der Waals surface area contributed by atoms with E-state index in [1.165, 1.54) is 30.3 Å². The van der Waals surface area contributed by atoms with Gasteiger partial charge in [0.25, 0.3) is 10.1 Å². The van der Waals surface area contributed by atoms with Gasteiger partial charge in [-0.25, -0.2) is 13.7 Å². The molecule has 6 N–H and O–H groups in total. The third-order valence-electron chi connectivity index (χ3n) is 4.14. The Morgan fingerprint density at radius 3 is 2.28 bits per heavy atom. The lowest BCUT2D eigenvalue weighted by Crippen LogP contribution is -2.11. The quantitative estimate of drug-likeness (QED) is 0.0517. The van der Waals surface area contributed by atoms with Crippen LogP contribution in [0.1, 0.15) is 0 Å². The molecule has 1 aromatic heterocycles. The van der Waals surface area contributed by atoms with Crippen molar-refractivity contribution in [3.05, 3.63) is 47.7 Å². The summed E-state index contributed by atoms with van der Waals surface area (Å²) >= 11 is 6.24. The minimum Gasteiger partial charge on any atom is -0.398 e. The molecule has 0 aliphatic rings. The van der Waals surface area contributed by atoms with Gasteiger partial charge in [0, 0.05) is 11.4 Å². The smallest absolute Gasteiger partial charge is 0.296 e. The Balaban J connectivity index is 1.74. The number of rotatable bonds is 12. The van der Waals surface area contributed by atoms with Gasteiger partial charge in [-0.3, -0.25) is 8.74 Å². The molecule has 3 aromatic rings. The maximum Gasteiger partial charge on any atom is 0.296 e. The summed E-state index contributed by atoms with van der Waals surface area (Å²) in [6.07, 6.45) is 0. The van der Waals surface area contributed by atoms with E-state index < -0.39 is 24.9 Å². The van der Waals surface area contributed by atoms with E-state index in [9.17, 15) is 16.8 Å². The van der Waals surface area contributed by atoms with Gasteiger partial charge in [-0.05, 0) is 48.0 Å². The fourth-order valence-electron chi connectivity index (χ4n) is 2.68. The van der Waals surface area contributed by atoms with Gasteiger partial charge < -0.3 is 16.4 Å². The van der Waals surface area contributed by atoms with Crippen LogP contribution in [0, 0.1) is 0 Å². The Kier molecular flexibility index (Phi) is 9.22. The number of hydrogen-bond acceptors (Lipinski definition) is 15. The molecule has 0 spiro atoms. The predicted octanol–water partition coefficient (Wildman–Crippen LogP) is 2.62. The summed E-state index contributed by atoms with van der Waals surface area (Å²) in [6, 6.07) is 9.45. The monoisotopic (exact) mass is 580 g/mol. The first-order chi connectivity index (χ1) is 17.0. The predicted molar refractivity (Wildman–Crippen MR) is 129 cm³/mol. The van der Waals surface area contributed by atoms with E-state index in [4.69, 9.17) is 31.3 Å². The molecule has 194 valence electrons. The van der Waals surface area contributed by atoms with Gasteiger partial charge in [-0.1, -0.05) is 11.1 Å². The highest BCUT2D eigenvalue weighted by atomic mass is 35.5. The zero-order chi connectivity index (χ0) is 26.3. The minimum atomic E-state index is -4.49. The molecule has 0 unspecified atom stereocenters. The Bertz CT molecular complexity index is 1440. The normalized spacial score (nSPS) is 11.9. The number of anilines is 5. The van der Waals surface area contributed by atoms with E-state index in [1.54, 1.807) is 6.07 Å². The first-order valence-electron chi connectivity index (χ1n) is 9.40. The number of nitrogens with two attached hydrogens (primary N) is 1. The van der Waals surface area contributed by atoms with Gasteiger partial charge >= 0.3 is 0 Å². The zero-order valence-corrected chi connectivity index (χ0v) is 20.9. The van der Waals surface area contributed by atoms with Crippen LogP contribution in [0.4, 0.5) is 29.0 Å². The lowest BCUT2D eigenvalue weighted by molar-refractivity contribution is -0.434. The summed E-state index contributed by atoms with van der Waals surface area (Å²) in [6.45, 7) is -0.248. The van der Waals surface area contributed by atoms with Crippen LogP contribution in [-0.2, 0) is 33.5 Å². The molecule has 19 heteroatoms. The van der Waals surface area contributed by atoms with Crippen LogP contribution in [0.3, 0.4) is 0 Å². The molecule has 15 nitrogen and oxygen atoms in total. The van der Waals surface area contributed by atoms with Crippen LogP contribution in [0.2, 0.25) is 5.28 Å². The van der Waals surface area contributed by atoms with Crippen LogP contribution in [-0.4, -0.2) is 54.0 Å². The van der Waals surface area contributed by atoms with Crippen molar-refractivity contribution in [3.8, 4) is 0 Å². The average Bonchev–Trinajstić information content (AvgIpc) is 2.78. The van der Waals surface area contributed by atoms with Gasteiger partial charge in [0.2, 0.25) is 17.2 Å². The number of nitrogen functional groups attached to an aromatic ring is 1. The molecular formula is C17H17ClN6O9S3. The topological polar surface area (TPSA) is 225 Å². The molecule has 0 amide bonds. The second-order valence-electron chi connectivity index (χ2n) is 6.61. The second-order valence-corrected chi connectivity index (χ2v) is 11.0. The van der Waals surface area contributed by atoms with Crippen LogP contribution >= 0.6 is 23.9 Å². The van der Waals surface area contributed by atoms with Crippen molar-refractivity contribution >= 4 is 72.8 Å². The lowest BCUT2D eigenvalue weighted by atomic mass is 10.3. The number of nitrogens with one attached hydrogen (secondary N) is 2. The molecule has 2 aromatic carbocycles. The number of hydrogen-bond donors (Lipinski definition) is 5. The van der Waals surface area contributed by atoms with Gasteiger partial charge in [-0.2, -0.15) is 23.4 Å². The molecule has 0 atom stereocenters. The largest absolute Gasteiger partial charge is 0.398 e. The highest BCUT2D eigenvalue weighted by Crippen LogP contribution is 2.25. The van der Waals surface area contributed by atoms with Crippen molar-refractivity contribution in [3.63, 3.8) is 0 Å². The van der Waals surface area contributed by atoms with E-state index in [2.05, 4.69) is 35.0 Å². The number of benzene rings is 2. The van der Waals surface area contributed by atoms with Crippen molar-refractivity contribution in [1.82, 2.24) is 15.0 Å². The summed E-state index contributed by atoms with van der Waals surface area (Å²) in [5.41, 5.74) is 6.07. The van der Waals surface area contributed by atoms with Gasteiger partial charge in [0.15, 0.2) is 22.2 Å². The maximum absolute atomic E-state index is 12.5. The molecule has 0 saturated carbocycles. The van der Waals surface area contributed by atoms with Crippen LogP contribution in [0.15, 0.2) is 52.3 Å². The molecule has 0 fully saturated rings. The first-order valence-corrected chi connectivity index (χ1v) is 13.5. The lowest BCUT2D eigenvalue weighted by Gasteiger charge is -2.11. The number of halogens is 1. The summed E-state index contributed by atoms with van der Waals surface area (Å²) < 4.78 is 65.6. The van der Waals surface area contributed by atoms with Crippen molar-refractivity contribution < 1.29 is 40.2 Å². The second kappa shape index (κ2) is 12.0. The van der Waals surface area contributed by atoms with Crippen molar-refractivity contribution in [2.75, 3.05) is 28.7 Å². The number of aromatic nitrogens is 3. The molecule has 1 heterocycles. The highest BCUT2D eigenvalue weighted by Gasteiger charge is 2.17. The Morgan fingerprint density at radius 2 is 1.67 bits per heavy atom. The summed E-state index contributed by atoms with van der Waals surface area (Å²) in [7, 11) is -8.23.